The van der Waals surface area contributed by atoms with E-state index in [0.29, 0.717) is 0 Å². The fourth-order valence-corrected chi connectivity index (χ4v) is 2.56. The van der Waals surface area contributed by atoms with Crippen LogP contribution in [-0.4, -0.2) is 13.3 Å². The average molecular weight is 268 g/mol. The van der Waals surface area contributed by atoms with Crippen molar-refractivity contribution in [2.45, 2.75) is 103 Å². The van der Waals surface area contributed by atoms with Crippen LogP contribution in [0.5, 0.6) is 0 Å². The Bertz CT molecular complexity index is 175. The van der Waals surface area contributed by atoms with Gasteiger partial charge in [0.2, 0.25) is 0 Å². The molecule has 0 saturated carbocycles. The molecule has 0 atom stereocenters. The minimum atomic E-state index is 1.18. The molecule has 0 fully saturated rings. The van der Waals surface area contributed by atoms with Gasteiger partial charge in [-0.05, 0) is 19.1 Å². The number of hydrogen-bond donors (Lipinski definition) is 0. The SMILES string of the molecule is CCCCCCCCCCCCCCCCC=NC. The summed E-state index contributed by atoms with van der Waals surface area (Å²) in [6.45, 7) is 2.29. The highest BCUT2D eigenvalue weighted by Crippen LogP contribution is 2.13. The number of nitrogens with zero attached hydrogens (tertiary/aromatic N) is 1. The fraction of sp³-hybridized carbons (Fsp3) is 0.944. The van der Waals surface area contributed by atoms with Gasteiger partial charge >= 0.3 is 0 Å². The van der Waals surface area contributed by atoms with Crippen LogP contribution < -0.4 is 0 Å². The Balaban J connectivity index is 2.91. The van der Waals surface area contributed by atoms with E-state index < -0.39 is 0 Å². The van der Waals surface area contributed by atoms with E-state index in [2.05, 4.69) is 11.9 Å². The van der Waals surface area contributed by atoms with Crippen LogP contribution in [0.1, 0.15) is 103 Å². The van der Waals surface area contributed by atoms with Crippen LogP contribution in [0.2, 0.25) is 0 Å². The predicted octanol–water partition coefficient (Wildman–Crippen LogP) is 6.56. The van der Waals surface area contributed by atoms with Gasteiger partial charge in [0.15, 0.2) is 0 Å². The molecule has 0 unspecified atom stereocenters. The first-order valence-corrected chi connectivity index (χ1v) is 8.82. The summed E-state index contributed by atoms with van der Waals surface area (Å²) < 4.78 is 0. The third-order valence-corrected chi connectivity index (χ3v) is 3.87. The summed E-state index contributed by atoms with van der Waals surface area (Å²) in [5, 5.41) is 0. The van der Waals surface area contributed by atoms with Crippen LogP contribution in [0.25, 0.3) is 0 Å². The molecule has 0 saturated heterocycles. The lowest BCUT2D eigenvalue weighted by Crippen LogP contribution is -1.83. The van der Waals surface area contributed by atoms with Crippen LogP contribution in [0.15, 0.2) is 4.99 Å². The molecule has 0 aromatic rings. The second-order valence-corrected chi connectivity index (χ2v) is 5.83. The van der Waals surface area contributed by atoms with Gasteiger partial charge in [0.25, 0.3) is 0 Å². The maximum absolute atomic E-state index is 4.01. The highest BCUT2D eigenvalue weighted by molar-refractivity contribution is 5.56. The van der Waals surface area contributed by atoms with E-state index in [1.807, 2.05) is 13.3 Å². The van der Waals surface area contributed by atoms with Crippen molar-refractivity contribution in [2.75, 3.05) is 7.05 Å². The molecule has 0 aromatic heterocycles. The number of hydrogen-bond acceptors (Lipinski definition) is 1. The summed E-state index contributed by atoms with van der Waals surface area (Å²) in [4.78, 5) is 4.01. The minimum Gasteiger partial charge on any atom is -0.301 e. The van der Waals surface area contributed by atoms with Gasteiger partial charge < -0.3 is 4.99 Å². The summed E-state index contributed by atoms with van der Waals surface area (Å²) in [7, 11) is 1.86. The zero-order valence-electron chi connectivity index (χ0n) is 13.6. The quantitative estimate of drug-likeness (QED) is 0.235. The highest BCUT2D eigenvalue weighted by Gasteiger charge is 1.93. The van der Waals surface area contributed by atoms with Gasteiger partial charge in [-0.1, -0.05) is 90.4 Å². The minimum absolute atomic E-state index is 1.18. The molecular formula is C18H37N. The summed E-state index contributed by atoms with van der Waals surface area (Å²) in [5.41, 5.74) is 0. The first-order valence-electron chi connectivity index (χ1n) is 8.82. The average Bonchev–Trinajstić information content (AvgIpc) is 2.43. The Morgan fingerprint density at radius 3 is 1.32 bits per heavy atom. The molecule has 0 aromatic carbocycles. The molecule has 1 heteroatoms. The van der Waals surface area contributed by atoms with E-state index in [0.717, 1.165) is 0 Å². The van der Waals surface area contributed by atoms with E-state index in [1.165, 1.54) is 96.3 Å². The van der Waals surface area contributed by atoms with Crippen LogP contribution >= 0.6 is 0 Å². The zero-order valence-corrected chi connectivity index (χ0v) is 13.6. The first kappa shape index (κ1) is 18.7. The molecule has 0 aliphatic carbocycles. The van der Waals surface area contributed by atoms with Crippen molar-refractivity contribution in [2.24, 2.45) is 4.99 Å². The van der Waals surface area contributed by atoms with E-state index >= 15 is 0 Å². The van der Waals surface area contributed by atoms with Gasteiger partial charge in [0.1, 0.15) is 0 Å². The molecule has 0 spiro atoms. The Morgan fingerprint density at radius 1 is 0.579 bits per heavy atom. The molecule has 0 bridgehead atoms. The predicted molar refractivity (Wildman–Crippen MR) is 89.3 cm³/mol. The maximum atomic E-state index is 4.01. The molecule has 1 nitrogen and oxygen atoms in total. The topological polar surface area (TPSA) is 12.4 Å². The molecule has 114 valence electrons. The Morgan fingerprint density at radius 2 is 0.947 bits per heavy atom. The molecule has 19 heavy (non-hydrogen) atoms. The van der Waals surface area contributed by atoms with Crippen LogP contribution in [0, 0.1) is 0 Å². The van der Waals surface area contributed by atoms with Gasteiger partial charge in [-0.15, -0.1) is 0 Å². The van der Waals surface area contributed by atoms with Crippen LogP contribution in [0.3, 0.4) is 0 Å². The van der Waals surface area contributed by atoms with Gasteiger partial charge in [-0.25, -0.2) is 0 Å². The summed E-state index contributed by atoms with van der Waals surface area (Å²) in [6, 6.07) is 0. The zero-order chi connectivity index (χ0) is 14.0. The maximum Gasteiger partial charge on any atom is 0.0273 e. The summed E-state index contributed by atoms with van der Waals surface area (Å²) in [6.07, 6.45) is 23.3. The van der Waals surface area contributed by atoms with Gasteiger partial charge in [0, 0.05) is 7.05 Å². The van der Waals surface area contributed by atoms with Crippen molar-refractivity contribution in [3.8, 4) is 0 Å². The smallest absolute Gasteiger partial charge is 0.0273 e. The normalized spacial score (nSPS) is 11.5. The van der Waals surface area contributed by atoms with Crippen molar-refractivity contribution in [1.29, 1.82) is 0 Å². The second kappa shape index (κ2) is 17.7. The van der Waals surface area contributed by atoms with Crippen molar-refractivity contribution < 1.29 is 0 Å². The summed E-state index contributed by atoms with van der Waals surface area (Å²) >= 11 is 0. The molecule has 0 radical (unpaired) electrons. The molecular weight excluding hydrogens is 230 g/mol. The lowest BCUT2D eigenvalue weighted by molar-refractivity contribution is 0.537. The van der Waals surface area contributed by atoms with E-state index in [-0.39, 0.29) is 0 Å². The largest absolute Gasteiger partial charge is 0.301 e. The van der Waals surface area contributed by atoms with E-state index in [9.17, 15) is 0 Å². The molecule has 0 heterocycles. The molecule has 0 rings (SSSR count). The van der Waals surface area contributed by atoms with E-state index in [1.54, 1.807) is 0 Å². The second-order valence-electron chi connectivity index (χ2n) is 5.83. The van der Waals surface area contributed by atoms with Crippen molar-refractivity contribution in [3.63, 3.8) is 0 Å². The number of unbranched alkanes of at least 4 members (excludes halogenated alkanes) is 14. The molecule has 0 amide bonds. The fourth-order valence-electron chi connectivity index (χ4n) is 2.56. The standard InChI is InChI=1S/C18H37N/c1-3-4-5-6-7-8-9-10-11-12-13-14-15-16-17-18-19-2/h18H,3-17H2,1-2H3. The first-order chi connectivity index (χ1) is 9.41. The molecule has 0 aliphatic rings. The monoisotopic (exact) mass is 267 g/mol. The van der Waals surface area contributed by atoms with Crippen LogP contribution in [0.4, 0.5) is 0 Å². The third-order valence-electron chi connectivity index (χ3n) is 3.87. The Labute approximate surface area is 122 Å². The number of aliphatic imine (C=N–C) groups is 1. The van der Waals surface area contributed by atoms with E-state index in [4.69, 9.17) is 0 Å². The van der Waals surface area contributed by atoms with Crippen molar-refractivity contribution >= 4 is 6.21 Å². The third kappa shape index (κ3) is 17.7. The highest BCUT2D eigenvalue weighted by atomic mass is 14.6. The number of rotatable bonds is 15. The Hall–Kier alpha value is -0.330. The van der Waals surface area contributed by atoms with Crippen LogP contribution in [-0.2, 0) is 0 Å². The van der Waals surface area contributed by atoms with Gasteiger partial charge in [-0.2, -0.15) is 0 Å². The molecule has 0 N–H and O–H groups in total. The van der Waals surface area contributed by atoms with Gasteiger partial charge in [0.05, 0.1) is 0 Å². The van der Waals surface area contributed by atoms with Gasteiger partial charge in [-0.3, -0.25) is 0 Å². The lowest BCUT2D eigenvalue weighted by Gasteiger charge is -2.02. The Kier molecular flexibility index (Phi) is 17.4. The van der Waals surface area contributed by atoms with Crippen molar-refractivity contribution in [1.82, 2.24) is 0 Å². The van der Waals surface area contributed by atoms with Crippen molar-refractivity contribution in [3.05, 3.63) is 0 Å². The lowest BCUT2D eigenvalue weighted by atomic mass is 10.0. The summed E-state index contributed by atoms with van der Waals surface area (Å²) in [5.74, 6) is 0. The molecule has 0 aliphatic heterocycles.